The standard InChI is InChI=1S/C24H18FN/c25-23-11-9-20(10-12-23)21-13-14-26-24(17-21)22-8-4-7-19(16-22)15-18-5-2-1-3-6-18/h1-14,16-17H,15H2. The van der Waals surface area contributed by atoms with Gasteiger partial charge in [-0.05, 0) is 59.0 Å². The van der Waals surface area contributed by atoms with Gasteiger partial charge in [-0.15, -0.1) is 0 Å². The monoisotopic (exact) mass is 339 g/mol. The molecule has 1 nitrogen and oxygen atoms in total. The lowest BCUT2D eigenvalue weighted by atomic mass is 9.99. The molecule has 1 heterocycles. The predicted octanol–water partition coefficient (Wildman–Crippen LogP) is 6.15. The predicted molar refractivity (Wildman–Crippen MR) is 104 cm³/mol. The van der Waals surface area contributed by atoms with E-state index in [9.17, 15) is 4.39 Å². The lowest BCUT2D eigenvalue weighted by Crippen LogP contribution is -1.90. The molecule has 0 aliphatic heterocycles. The average Bonchev–Trinajstić information content (AvgIpc) is 2.70. The van der Waals surface area contributed by atoms with Gasteiger partial charge in [-0.2, -0.15) is 0 Å². The van der Waals surface area contributed by atoms with Crippen LogP contribution >= 0.6 is 0 Å². The summed E-state index contributed by atoms with van der Waals surface area (Å²) in [5, 5.41) is 0. The normalized spacial score (nSPS) is 10.7. The van der Waals surface area contributed by atoms with Crippen LogP contribution in [0.1, 0.15) is 11.1 Å². The molecule has 0 saturated carbocycles. The fraction of sp³-hybridized carbons (Fsp3) is 0.0417. The Hall–Kier alpha value is -3.26. The van der Waals surface area contributed by atoms with Crippen molar-refractivity contribution in [3.8, 4) is 22.4 Å². The quantitative estimate of drug-likeness (QED) is 0.435. The summed E-state index contributed by atoms with van der Waals surface area (Å²) in [5.41, 5.74) is 6.56. The van der Waals surface area contributed by atoms with Crippen LogP contribution < -0.4 is 0 Å². The first-order valence-electron chi connectivity index (χ1n) is 8.63. The van der Waals surface area contributed by atoms with Crippen LogP contribution in [0, 0.1) is 5.82 Å². The fourth-order valence-corrected chi connectivity index (χ4v) is 3.08. The molecule has 0 N–H and O–H groups in total. The van der Waals surface area contributed by atoms with E-state index in [1.165, 1.54) is 23.3 Å². The van der Waals surface area contributed by atoms with Crippen LogP contribution in [-0.4, -0.2) is 4.98 Å². The van der Waals surface area contributed by atoms with Crippen molar-refractivity contribution >= 4 is 0 Å². The number of benzene rings is 3. The van der Waals surface area contributed by atoms with Gasteiger partial charge in [0.15, 0.2) is 0 Å². The molecule has 0 unspecified atom stereocenters. The van der Waals surface area contributed by atoms with Crippen molar-refractivity contribution in [2.45, 2.75) is 6.42 Å². The van der Waals surface area contributed by atoms with Crippen LogP contribution in [-0.2, 0) is 6.42 Å². The summed E-state index contributed by atoms with van der Waals surface area (Å²) >= 11 is 0. The van der Waals surface area contributed by atoms with Crippen LogP contribution in [0.15, 0.2) is 97.2 Å². The molecule has 26 heavy (non-hydrogen) atoms. The lowest BCUT2D eigenvalue weighted by molar-refractivity contribution is 0.628. The van der Waals surface area contributed by atoms with Crippen molar-refractivity contribution in [3.05, 3.63) is 114 Å². The Morgan fingerprint density at radius 2 is 1.38 bits per heavy atom. The van der Waals surface area contributed by atoms with Gasteiger partial charge in [0, 0.05) is 11.8 Å². The zero-order chi connectivity index (χ0) is 17.8. The molecule has 0 fully saturated rings. The van der Waals surface area contributed by atoms with E-state index in [0.29, 0.717) is 0 Å². The molecule has 0 aliphatic rings. The molecular formula is C24H18FN. The zero-order valence-corrected chi connectivity index (χ0v) is 14.3. The van der Waals surface area contributed by atoms with Gasteiger partial charge in [0.2, 0.25) is 0 Å². The third-order valence-electron chi connectivity index (χ3n) is 4.41. The van der Waals surface area contributed by atoms with E-state index in [2.05, 4.69) is 59.6 Å². The van der Waals surface area contributed by atoms with Gasteiger partial charge in [-0.1, -0.05) is 60.7 Å². The maximum atomic E-state index is 13.2. The molecule has 126 valence electrons. The number of halogens is 1. The molecule has 4 aromatic rings. The van der Waals surface area contributed by atoms with E-state index in [0.717, 1.165) is 28.8 Å². The number of pyridine rings is 1. The molecule has 1 aromatic heterocycles. The van der Waals surface area contributed by atoms with Crippen LogP contribution in [0.2, 0.25) is 0 Å². The number of aromatic nitrogens is 1. The van der Waals surface area contributed by atoms with E-state index >= 15 is 0 Å². The number of hydrogen-bond acceptors (Lipinski definition) is 1. The maximum absolute atomic E-state index is 13.2. The molecule has 0 atom stereocenters. The van der Waals surface area contributed by atoms with Crippen LogP contribution in [0.5, 0.6) is 0 Å². The minimum atomic E-state index is -0.225. The zero-order valence-electron chi connectivity index (χ0n) is 14.3. The van der Waals surface area contributed by atoms with Gasteiger partial charge in [0.05, 0.1) is 5.69 Å². The summed E-state index contributed by atoms with van der Waals surface area (Å²) in [6.45, 7) is 0. The van der Waals surface area contributed by atoms with Gasteiger partial charge in [0.1, 0.15) is 5.82 Å². The fourth-order valence-electron chi connectivity index (χ4n) is 3.08. The van der Waals surface area contributed by atoms with Gasteiger partial charge < -0.3 is 0 Å². The minimum Gasteiger partial charge on any atom is -0.256 e. The maximum Gasteiger partial charge on any atom is 0.123 e. The Kier molecular flexibility index (Phi) is 4.57. The lowest BCUT2D eigenvalue weighted by Gasteiger charge is -2.08. The Bertz CT molecular complexity index is 1010. The summed E-state index contributed by atoms with van der Waals surface area (Å²) in [7, 11) is 0. The first-order chi connectivity index (χ1) is 12.8. The van der Waals surface area contributed by atoms with Gasteiger partial charge in [0.25, 0.3) is 0 Å². The van der Waals surface area contributed by atoms with E-state index in [4.69, 9.17) is 0 Å². The molecular weight excluding hydrogens is 321 g/mol. The minimum absolute atomic E-state index is 0.225. The molecule has 0 saturated heterocycles. The summed E-state index contributed by atoms with van der Waals surface area (Å²) < 4.78 is 13.2. The van der Waals surface area contributed by atoms with Crippen molar-refractivity contribution in [2.75, 3.05) is 0 Å². The van der Waals surface area contributed by atoms with Crippen LogP contribution in [0.25, 0.3) is 22.4 Å². The van der Waals surface area contributed by atoms with Crippen molar-refractivity contribution < 1.29 is 4.39 Å². The Labute approximate surface area is 152 Å². The second kappa shape index (κ2) is 7.32. The highest BCUT2D eigenvalue weighted by Crippen LogP contribution is 2.25. The SMILES string of the molecule is Fc1ccc(-c2ccnc(-c3cccc(Cc4ccccc4)c3)c2)cc1. The number of hydrogen-bond donors (Lipinski definition) is 0. The van der Waals surface area contributed by atoms with Gasteiger partial charge >= 0.3 is 0 Å². The molecule has 0 aliphatic carbocycles. The highest BCUT2D eigenvalue weighted by Gasteiger charge is 2.05. The van der Waals surface area contributed by atoms with Crippen molar-refractivity contribution in [1.29, 1.82) is 0 Å². The third-order valence-corrected chi connectivity index (χ3v) is 4.41. The summed E-state index contributed by atoms with van der Waals surface area (Å²) in [6.07, 6.45) is 2.70. The first kappa shape index (κ1) is 16.2. The van der Waals surface area contributed by atoms with Gasteiger partial charge in [-0.25, -0.2) is 4.39 Å². The molecule has 4 rings (SSSR count). The second-order valence-electron chi connectivity index (χ2n) is 6.30. The first-order valence-corrected chi connectivity index (χ1v) is 8.63. The highest BCUT2D eigenvalue weighted by molar-refractivity contribution is 5.70. The average molecular weight is 339 g/mol. The molecule has 3 aromatic carbocycles. The second-order valence-corrected chi connectivity index (χ2v) is 6.30. The van der Waals surface area contributed by atoms with E-state index < -0.39 is 0 Å². The molecule has 2 heteroatoms. The van der Waals surface area contributed by atoms with Crippen molar-refractivity contribution in [1.82, 2.24) is 4.98 Å². The van der Waals surface area contributed by atoms with Gasteiger partial charge in [-0.3, -0.25) is 4.98 Å². The molecule has 0 amide bonds. The summed E-state index contributed by atoms with van der Waals surface area (Å²) in [4.78, 5) is 4.53. The van der Waals surface area contributed by atoms with Crippen molar-refractivity contribution in [2.24, 2.45) is 0 Å². The van der Waals surface area contributed by atoms with E-state index in [1.807, 2.05) is 12.1 Å². The third kappa shape index (κ3) is 3.70. The largest absolute Gasteiger partial charge is 0.256 e. The Balaban J connectivity index is 1.64. The topological polar surface area (TPSA) is 12.9 Å². The molecule has 0 radical (unpaired) electrons. The highest BCUT2D eigenvalue weighted by atomic mass is 19.1. The summed E-state index contributed by atoms with van der Waals surface area (Å²) in [5.74, 6) is -0.225. The Morgan fingerprint density at radius 3 is 2.19 bits per heavy atom. The number of nitrogens with zero attached hydrogens (tertiary/aromatic N) is 1. The van der Waals surface area contributed by atoms with Crippen LogP contribution in [0.3, 0.4) is 0 Å². The van der Waals surface area contributed by atoms with Crippen LogP contribution in [0.4, 0.5) is 4.39 Å². The van der Waals surface area contributed by atoms with E-state index in [1.54, 1.807) is 18.3 Å². The number of rotatable bonds is 4. The van der Waals surface area contributed by atoms with E-state index in [-0.39, 0.29) is 5.82 Å². The van der Waals surface area contributed by atoms with Crippen molar-refractivity contribution in [3.63, 3.8) is 0 Å². The smallest absolute Gasteiger partial charge is 0.123 e. The molecule has 0 spiro atoms. The summed E-state index contributed by atoms with van der Waals surface area (Å²) in [6, 6.07) is 29.5. The molecule has 0 bridgehead atoms. The Morgan fingerprint density at radius 1 is 0.615 bits per heavy atom.